The normalized spacial score (nSPS) is 17.6. The Hall–Kier alpha value is -0.630. The standard InChI is InChI=1S/C12H18BrN3O2S/c1-9-11(14)7-10(13)8-12(9)19(17,18)15-16-5-3-2-4-6-16/h7-8,15H,2-6,14H2,1H3. The molecule has 0 spiro atoms. The number of sulfonamides is 1. The highest BCUT2D eigenvalue weighted by molar-refractivity contribution is 9.10. The summed E-state index contributed by atoms with van der Waals surface area (Å²) in [5.41, 5.74) is 6.86. The van der Waals surface area contributed by atoms with Crippen LogP contribution in [0.2, 0.25) is 0 Å². The molecule has 7 heteroatoms. The maximum atomic E-state index is 12.4. The van der Waals surface area contributed by atoms with Crippen LogP contribution in [-0.2, 0) is 10.0 Å². The van der Waals surface area contributed by atoms with Gasteiger partial charge in [0.05, 0.1) is 4.90 Å². The molecule has 0 radical (unpaired) electrons. The predicted molar refractivity (Wildman–Crippen MR) is 79.0 cm³/mol. The van der Waals surface area contributed by atoms with Gasteiger partial charge in [0.2, 0.25) is 0 Å². The molecule has 0 unspecified atom stereocenters. The summed E-state index contributed by atoms with van der Waals surface area (Å²) < 4.78 is 25.5. The monoisotopic (exact) mass is 347 g/mol. The first-order valence-corrected chi connectivity index (χ1v) is 8.51. The van der Waals surface area contributed by atoms with Crippen molar-refractivity contribution in [1.29, 1.82) is 0 Å². The molecule has 1 aromatic carbocycles. The highest BCUT2D eigenvalue weighted by Gasteiger charge is 2.22. The van der Waals surface area contributed by atoms with E-state index >= 15 is 0 Å². The molecule has 0 atom stereocenters. The smallest absolute Gasteiger partial charge is 0.253 e. The van der Waals surface area contributed by atoms with Crippen molar-refractivity contribution < 1.29 is 8.42 Å². The molecule has 106 valence electrons. The minimum atomic E-state index is -3.57. The van der Waals surface area contributed by atoms with E-state index in [0.717, 1.165) is 32.4 Å². The predicted octanol–water partition coefficient (Wildman–Crippen LogP) is 2.02. The van der Waals surface area contributed by atoms with Crippen molar-refractivity contribution in [3.63, 3.8) is 0 Å². The summed E-state index contributed by atoms with van der Waals surface area (Å²) >= 11 is 3.28. The van der Waals surface area contributed by atoms with Crippen molar-refractivity contribution in [2.75, 3.05) is 18.8 Å². The lowest BCUT2D eigenvalue weighted by Gasteiger charge is -2.27. The number of halogens is 1. The van der Waals surface area contributed by atoms with Gasteiger partial charge in [-0.3, -0.25) is 0 Å². The van der Waals surface area contributed by atoms with Crippen molar-refractivity contribution in [3.05, 3.63) is 22.2 Å². The Morgan fingerprint density at radius 1 is 1.26 bits per heavy atom. The first-order valence-electron chi connectivity index (χ1n) is 6.23. The number of nitrogens with one attached hydrogen (secondary N) is 1. The number of nitrogens with two attached hydrogens (primary N) is 1. The number of anilines is 1. The molecule has 0 amide bonds. The zero-order valence-corrected chi connectivity index (χ0v) is 13.2. The maximum Gasteiger partial charge on any atom is 0.253 e. The molecule has 0 aliphatic carbocycles. The summed E-state index contributed by atoms with van der Waals surface area (Å²) in [6.07, 6.45) is 3.19. The lowest BCUT2D eigenvalue weighted by atomic mass is 10.2. The van der Waals surface area contributed by atoms with Crippen molar-refractivity contribution >= 4 is 31.6 Å². The first-order chi connectivity index (χ1) is 8.90. The Balaban J connectivity index is 2.28. The Morgan fingerprint density at radius 2 is 1.89 bits per heavy atom. The zero-order valence-electron chi connectivity index (χ0n) is 10.8. The third kappa shape index (κ3) is 3.47. The van der Waals surface area contributed by atoms with Gasteiger partial charge in [-0.05, 0) is 37.5 Å². The number of nitrogen functional groups attached to an aromatic ring is 1. The molecule has 1 aliphatic rings. The summed E-state index contributed by atoms with van der Waals surface area (Å²) in [6, 6.07) is 3.28. The van der Waals surface area contributed by atoms with Gasteiger partial charge in [-0.15, -0.1) is 4.83 Å². The Morgan fingerprint density at radius 3 is 2.53 bits per heavy atom. The van der Waals surface area contributed by atoms with E-state index in [0.29, 0.717) is 15.7 Å². The van der Waals surface area contributed by atoms with Crippen LogP contribution in [0.4, 0.5) is 5.69 Å². The van der Waals surface area contributed by atoms with Gasteiger partial charge in [0, 0.05) is 23.2 Å². The van der Waals surface area contributed by atoms with Crippen LogP contribution >= 0.6 is 15.9 Å². The Labute approximate surface area is 122 Å². The van der Waals surface area contributed by atoms with Crippen molar-refractivity contribution in [2.24, 2.45) is 0 Å². The van der Waals surface area contributed by atoms with E-state index < -0.39 is 10.0 Å². The molecule has 1 saturated heterocycles. The number of hydrazine groups is 1. The lowest BCUT2D eigenvalue weighted by Crippen LogP contribution is -2.45. The second-order valence-corrected chi connectivity index (χ2v) is 7.31. The number of benzene rings is 1. The minimum absolute atomic E-state index is 0.227. The summed E-state index contributed by atoms with van der Waals surface area (Å²) in [5.74, 6) is 0. The molecule has 1 fully saturated rings. The fourth-order valence-corrected chi connectivity index (χ4v) is 4.21. The quantitative estimate of drug-likeness (QED) is 0.820. The summed E-state index contributed by atoms with van der Waals surface area (Å²) in [6.45, 7) is 3.22. The average Bonchev–Trinajstić information content (AvgIpc) is 2.34. The second kappa shape index (κ2) is 5.78. The van der Waals surface area contributed by atoms with Crippen molar-refractivity contribution in [2.45, 2.75) is 31.1 Å². The summed E-state index contributed by atoms with van der Waals surface area (Å²) in [5, 5.41) is 1.76. The Bertz CT molecular complexity index is 569. The van der Waals surface area contributed by atoms with E-state index in [1.807, 2.05) is 0 Å². The van der Waals surface area contributed by atoms with Crippen molar-refractivity contribution in [1.82, 2.24) is 9.84 Å². The van der Waals surface area contributed by atoms with Gasteiger partial charge in [0.25, 0.3) is 10.0 Å². The molecular weight excluding hydrogens is 330 g/mol. The maximum absolute atomic E-state index is 12.4. The van der Waals surface area contributed by atoms with Crippen LogP contribution in [0.1, 0.15) is 24.8 Å². The van der Waals surface area contributed by atoms with E-state index in [2.05, 4.69) is 20.8 Å². The molecule has 2 rings (SSSR count). The molecule has 5 nitrogen and oxygen atoms in total. The molecule has 3 N–H and O–H groups in total. The number of piperidine rings is 1. The van der Waals surface area contributed by atoms with Crippen LogP contribution in [0, 0.1) is 6.92 Å². The van der Waals surface area contributed by atoms with Crippen molar-refractivity contribution in [3.8, 4) is 0 Å². The van der Waals surface area contributed by atoms with Gasteiger partial charge in [-0.1, -0.05) is 22.4 Å². The van der Waals surface area contributed by atoms with Crippen LogP contribution in [0.3, 0.4) is 0 Å². The molecule has 1 heterocycles. The first kappa shape index (κ1) is 14.8. The fourth-order valence-electron chi connectivity index (χ4n) is 2.16. The molecule has 0 aromatic heterocycles. The van der Waals surface area contributed by atoms with Crippen LogP contribution in [0.25, 0.3) is 0 Å². The van der Waals surface area contributed by atoms with E-state index in [1.165, 1.54) is 0 Å². The second-order valence-electron chi connectivity index (χ2n) is 4.76. The third-order valence-corrected chi connectivity index (χ3v) is 5.22. The third-order valence-electron chi connectivity index (χ3n) is 3.26. The topological polar surface area (TPSA) is 75.4 Å². The zero-order chi connectivity index (χ0) is 14.0. The molecule has 19 heavy (non-hydrogen) atoms. The number of rotatable bonds is 3. The number of nitrogens with zero attached hydrogens (tertiary/aromatic N) is 1. The average molecular weight is 348 g/mol. The van der Waals surface area contributed by atoms with Gasteiger partial charge in [0.1, 0.15) is 0 Å². The molecule has 0 bridgehead atoms. The largest absolute Gasteiger partial charge is 0.398 e. The van der Waals surface area contributed by atoms with Gasteiger partial charge in [0.15, 0.2) is 0 Å². The highest BCUT2D eigenvalue weighted by atomic mass is 79.9. The van der Waals surface area contributed by atoms with E-state index in [4.69, 9.17) is 5.73 Å². The van der Waals surface area contributed by atoms with E-state index in [9.17, 15) is 8.42 Å². The Kier molecular flexibility index (Phi) is 4.50. The van der Waals surface area contributed by atoms with Crippen LogP contribution in [-0.4, -0.2) is 26.5 Å². The van der Waals surface area contributed by atoms with Gasteiger partial charge >= 0.3 is 0 Å². The van der Waals surface area contributed by atoms with E-state index in [1.54, 1.807) is 24.1 Å². The van der Waals surface area contributed by atoms with Gasteiger partial charge in [-0.25, -0.2) is 13.4 Å². The molecular formula is C12H18BrN3O2S. The SMILES string of the molecule is Cc1c(N)cc(Br)cc1S(=O)(=O)NN1CCCCC1. The molecule has 1 aromatic rings. The minimum Gasteiger partial charge on any atom is -0.398 e. The van der Waals surface area contributed by atoms with Crippen LogP contribution < -0.4 is 10.6 Å². The van der Waals surface area contributed by atoms with Gasteiger partial charge in [-0.2, -0.15) is 0 Å². The number of hydrogen-bond acceptors (Lipinski definition) is 4. The summed E-state index contributed by atoms with van der Waals surface area (Å²) in [7, 11) is -3.57. The molecule has 0 saturated carbocycles. The van der Waals surface area contributed by atoms with Crippen LogP contribution in [0.5, 0.6) is 0 Å². The number of hydrogen-bond donors (Lipinski definition) is 2. The lowest BCUT2D eigenvalue weighted by molar-refractivity contribution is 0.200. The fraction of sp³-hybridized carbons (Fsp3) is 0.500. The summed E-state index contributed by atoms with van der Waals surface area (Å²) in [4.78, 5) is 2.86. The highest BCUT2D eigenvalue weighted by Crippen LogP contribution is 2.26. The van der Waals surface area contributed by atoms with Crippen LogP contribution in [0.15, 0.2) is 21.5 Å². The van der Waals surface area contributed by atoms with E-state index in [-0.39, 0.29) is 4.90 Å². The van der Waals surface area contributed by atoms with Gasteiger partial charge < -0.3 is 5.73 Å². The molecule has 1 aliphatic heterocycles.